The van der Waals surface area contributed by atoms with Gasteiger partial charge in [0, 0.05) is 0 Å². The van der Waals surface area contributed by atoms with Crippen LogP contribution in [0, 0.1) is 5.92 Å². The van der Waals surface area contributed by atoms with E-state index in [9.17, 15) is 14.7 Å². The second-order valence-electron chi connectivity index (χ2n) is 5.47. The predicted octanol–water partition coefficient (Wildman–Crippen LogP) is 1.64. The molecule has 116 valence electrons. The van der Waals surface area contributed by atoms with Gasteiger partial charge in [0.1, 0.15) is 18.8 Å². The molecule has 0 saturated heterocycles. The van der Waals surface area contributed by atoms with E-state index in [1.54, 1.807) is 0 Å². The van der Waals surface area contributed by atoms with Crippen molar-refractivity contribution in [3.05, 3.63) is 35.9 Å². The Morgan fingerprint density at radius 1 is 1.19 bits per heavy atom. The number of aliphatic hydroxyl groups is 1. The summed E-state index contributed by atoms with van der Waals surface area (Å²) < 4.78 is 5.12. The lowest BCUT2D eigenvalue weighted by Gasteiger charge is -2.17. The third-order valence-corrected chi connectivity index (χ3v) is 2.93. The number of carbonyl (C=O) groups excluding carboxylic acids is 2. The fraction of sp³-hybridized carbons (Fsp3) is 0.500. The molecule has 5 heteroatoms. The number of hydrogen-bond acceptors (Lipinski definition) is 4. The summed E-state index contributed by atoms with van der Waals surface area (Å²) in [6.07, 6.45) is -0.744. The van der Waals surface area contributed by atoms with Crippen LogP contribution < -0.4 is 5.32 Å². The highest BCUT2D eigenvalue weighted by Crippen LogP contribution is 2.05. The third-order valence-electron chi connectivity index (χ3n) is 2.93. The maximum atomic E-state index is 11.8. The lowest BCUT2D eigenvalue weighted by molar-refractivity contribution is -0.149. The number of ether oxygens (including phenoxy) is 1. The van der Waals surface area contributed by atoms with Crippen LogP contribution in [0.25, 0.3) is 0 Å². The minimum atomic E-state index is -1.10. The van der Waals surface area contributed by atoms with Crippen molar-refractivity contribution in [2.45, 2.75) is 45.9 Å². The molecule has 0 aromatic heterocycles. The number of nitrogens with one attached hydrogen (secondary N) is 1. The molecule has 0 unspecified atom stereocenters. The Kier molecular flexibility index (Phi) is 6.88. The van der Waals surface area contributed by atoms with Crippen molar-refractivity contribution in [3.8, 4) is 0 Å². The maximum Gasteiger partial charge on any atom is 0.328 e. The van der Waals surface area contributed by atoms with Crippen molar-refractivity contribution in [1.82, 2.24) is 5.32 Å². The highest BCUT2D eigenvalue weighted by molar-refractivity contribution is 5.86. The fourth-order valence-corrected chi connectivity index (χ4v) is 1.78. The van der Waals surface area contributed by atoms with E-state index in [2.05, 4.69) is 5.32 Å². The van der Waals surface area contributed by atoms with Crippen LogP contribution in [0.15, 0.2) is 30.3 Å². The monoisotopic (exact) mass is 293 g/mol. The van der Waals surface area contributed by atoms with Gasteiger partial charge >= 0.3 is 5.97 Å². The van der Waals surface area contributed by atoms with Crippen molar-refractivity contribution < 1.29 is 19.4 Å². The summed E-state index contributed by atoms with van der Waals surface area (Å²) in [5.41, 5.74) is 0.879. The van der Waals surface area contributed by atoms with E-state index in [0.717, 1.165) is 5.56 Å². The first-order valence-electron chi connectivity index (χ1n) is 7.09. The molecule has 0 heterocycles. The smallest absolute Gasteiger partial charge is 0.328 e. The average molecular weight is 293 g/mol. The van der Waals surface area contributed by atoms with E-state index >= 15 is 0 Å². The van der Waals surface area contributed by atoms with Gasteiger partial charge in [-0.1, -0.05) is 44.2 Å². The first kappa shape index (κ1) is 17.2. The summed E-state index contributed by atoms with van der Waals surface area (Å²) in [5.74, 6) is -0.872. The predicted molar refractivity (Wildman–Crippen MR) is 79.3 cm³/mol. The molecular formula is C16H23NO4. The fourth-order valence-electron chi connectivity index (χ4n) is 1.78. The van der Waals surface area contributed by atoms with Crippen LogP contribution in [0.3, 0.4) is 0 Å². The molecule has 0 aliphatic heterocycles. The van der Waals surface area contributed by atoms with Gasteiger partial charge in [0.15, 0.2) is 0 Å². The molecule has 21 heavy (non-hydrogen) atoms. The molecule has 2 N–H and O–H groups in total. The molecule has 5 nitrogen and oxygen atoms in total. The number of aliphatic hydroxyl groups excluding tert-OH is 1. The molecular weight excluding hydrogens is 270 g/mol. The number of carbonyl (C=O) groups is 2. The lowest BCUT2D eigenvalue weighted by Crippen LogP contribution is -2.44. The van der Waals surface area contributed by atoms with Crippen molar-refractivity contribution >= 4 is 11.9 Å². The highest BCUT2D eigenvalue weighted by Gasteiger charge is 2.22. The molecule has 0 aliphatic carbocycles. The number of hydrogen-bond donors (Lipinski definition) is 2. The molecule has 0 bridgehead atoms. The Bertz CT molecular complexity index is 459. The molecule has 1 aromatic carbocycles. The first-order valence-corrected chi connectivity index (χ1v) is 7.09. The highest BCUT2D eigenvalue weighted by atomic mass is 16.5. The zero-order chi connectivity index (χ0) is 15.8. The lowest BCUT2D eigenvalue weighted by atomic mass is 10.1. The molecule has 1 aromatic rings. The van der Waals surface area contributed by atoms with Crippen LogP contribution in [-0.2, 0) is 20.9 Å². The van der Waals surface area contributed by atoms with Gasteiger partial charge < -0.3 is 15.2 Å². The summed E-state index contributed by atoms with van der Waals surface area (Å²) in [5, 5.41) is 12.1. The largest absolute Gasteiger partial charge is 0.459 e. The topological polar surface area (TPSA) is 75.6 Å². The molecule has 0 saturated carbocycles. The van der Waals surface area contributed by atoms with E-state index in [1.165, 1.54) is 6.92 Å². The third kappa shape index (κ3) is 6.40. The first-order chi connectivity index (χ1) is 9.90. The summed E-state index contributed by atoms with van der Waals surface area (Å²) in [4.78, 5) is 23.5. The zero-order valence-electron chi connectivity index (χ0n) is 12.7. The minimum absolute atomic E-state index is 0.161. The van der Waals surface area contributed by atoms with Gasteiger partial charge in [-0.2, -0.15) is 0 Å². The molecule has 1 rings (SSSR count). The van der Waals surface area contributed by atoms with Crippen LogP contribution in [0.2, 0.25) is 0 Å². The second kappa shape index (κ2) is 8.42. The van der Waals surface area contributed by atoms with Gasteiger partial charge in [0.2, 0.25) is 5.91 Å². The van der Waals surface area contributed by atoms with Gasteiger partial charge in [-0.25, -0.2) is 4.79 Å². The normalized spacial score (nSPS) is 13.6. The molecule has 0 spiro atoms. The van der Waals surface area contributed by atoms with Crippen LogP contribution >= 0.6 is 0 Å². The Balaban J connectivity index is 2.38. The van der Waals surface area contributed by atoms with Gasteiger partial charge in [0.25, 0.3) is 0 Å². The number of amides is 1. The van der Waals surface area contributed by atoms with Gasteiger partial charge in [-0.3, -0.25) is 4.79 Å². The molecule has 0 aliphatic rings. The Hall–Kier alpha value is -1.88. The van der Waals surface area contributed by atoms with Crippen molar-refractivity contribution in [3.63, 3.8) is 0 Å². The van der Waals surface area contributed by atoms with Crippen molar-refractivity contribution in [2.24, 2.45) is 5.92 Å². The Morgan fingerprint density at radius 3 is 2.38 bits per heavy atom. The number of benzene rings is 1. The van der Waals surface area contributed by atoms with Gasteiger partial charge in [-0.05, 0) is 24.8 Å². The van der Waals surface area contributed by atoms with Gasteiger partial charge in [0.05, 0.1) is 0 Å². The maximum absolute atomic E-state index is 11.8. The van der Waals surface area contributed by atoms with E-state index in [-0.39, 0.29) is 12.5 Å². The summed E-state index contributed by atoms with van der Waals surface area (Å²) >= 11 is 0. The van der Waals surface area contributed by atoms with E-state index in [0.29, 0.717) is 6.42 Å². The van der Waals surface area contributed by atoms with Crippen LogP contribution in [-0.4, -0.2) is 29.1 Å². The average Bonchev–Trinajstić information content (AvgIpc) is 2.44. The van der Waals surface area contributed by atoms with Crippen molar-refractivity contribution in [1.29, 1.82) is 0 Å². The molecule has 2 atom stereocenters. The Labute approximate surface area is 125 Å². The zero-order valence-corrected chi connectivity index (χ0v) is 12.7. The standard InChI is InChI=1S/C16H23NO4/c1-11(2)9-14(18)15(19)17-12(3)16(20)21-10-13-7-5-4-6-8-13/h4-8,11-12,14,18H,9-10H2,1-3H3,(H,17,19)/t12-,14-/m0/s1. The summed E-state index contributed by atoms with van der Waals surface area (Å²) in [7, 11) is 0. The minimum Gasteiger partial charge on any atom is -0.459 e. The molecule has 0 radical (unpaired) electrons. The second-order valence-corrected chi connectivity index (χ2v) is 5.47. The summed E-state index contributed by atoms with van der Waals surface area (Å²) in [6.45, 7) is 5.52. The Morgan fingerprint density at radius 2 is 1.81 bits per heavy atom. The van der Waals surface area contributed by atoms with Crippen LogP contribution in [0.5, 0.6) is 0 Å². The van der Waals surface area contributed by atoms with Gasteiger partial charge in [-0.15, -0.1) is 0 Å². The number of esters is 1. The van der Waals surface area contributed by atoms with Crippen LogP contribution in [0.4, 0.5) is 0 Å². The van der Waals surface area contributed by atoms with Crippen LogP contribution in [0.1, 0.15) is 32.8 Å². The molecule has 1 amide bonds. The quantitative estimate of drug-likeness (QED) is 0.749. The van der Waals surface area contributed by atoms with E-state index in [4.69, 9.17) is 4.74 Å². The van der Waals surface area contributed by atoms with E-state index < -0.39 is 24.0 Å². The van der Waals surface area contributed by atoms with E-state index in [1.807, 2.05) is 44.2 Å². The molecule has 0 fully saturated rings. The SMILES string of the molecule is CC(C)C[C@H](O)C(=O)N[C@@H](C)C(=O)OCc1ccccc1. The summed E-state index contributed by atoms with van der Waals surface area (Å²) in [6, 6.07) is 8.51. The number of rotatable bonds is 7. The van der Waals surface area contributed by atoms with Crippen molar-refractivity contribution in [2.75, 3.05) is 0 Å².